The van der Waals surface area contributed by atoms with E-state index in [1.807, 2.05) is 37.3 Å². The van der Waals surface area contributed by atoms with Gasteiger partial charge in [0, 0.05) is 13.1 Å². The summed E-state index contributed by atoms with van der Waals surface area (Å²) in [5.74, 6) is 0.421. The molecule has 96 valence electrons. The van der Waals surface area contributed by atoms with Crippen LogP contribution in [0.4, 0.5) is 0 Å². The molecular formula is C14H18N2O2. The Morgan fingerprint density at radius 3 is 2.67 bits per heavy atom. The van der Waals surface area contributed by atoms with Gasteiger partial charge in [-0.25, -0.2) is 0 Å². The van der Waals surface area contributed by atoms with E-state index in [2.05, 4.69) is 6.07 Å². The zero-order chi connectivity index (χ0) is 13.4. The highest BCUT2D eigenvalue weighted by molar-refractivity contribution is 5.77. The molecule has 1 aromatic carbocycles. The van der Waals surface area contributed by atoms with E-state index in [1.54, 1.807) is 11.8 Å². The first-order valence-corrected chi connectivity index (χ1v) is 6.02. The molecule has 4 nitrogen and oxygen atoms in total. The number of hydrogen-bond donors (Lipinski definition) is 0. The van der Waals surface area contributed by atoms with Gasteiger partial charge in [0.05, 0.1) is 12.0 Å². The van der Waals surface area contributed by atoms with Gasteiger partial charge in [0.2, 0.25) is 0 Å². The first-order valence-electron chi connectivity index (χ1n) is 6.02. The van der Waals surface area contributed by atoms with Gasteiger partial charge in [-0.1, -0.05) is 18.2 Å². The Morgan fingerprint density at radius 1 is 1.44 bits per heavy atom. The molecule has 0 heterocycles. The molecule has 1 rings (SSSR count). The second-order valence-corrected chi connectivity index (χ2v) is 4.06. The molecular weight excluding hydrogens is 228 g/mol. The molecule has 0 radical (unpaired) electrons. The van der Waals surface area contributed by atoms with Gasteiger partial charge in [-0.15, -0.1) is 0 Å². The lowest BCUT2D eigenvalue weighted by Crippen LogP contribution is -2.37. The van der Waals surface area contributed by atoms with Crippen molar-refractivity contribution in [3.8, 4) is 11.8 Å². The minimum atomic E-state index is -0.161. The third-order valence-electron chi connectivity index (χ3n) is 2.55. The molecule has 0 aliphatic rings. The first-order chi connectivity index (χ1) is 8.67. The zero-order valence-electron chi connectivity index (χ0n) is 10.8. The maximum absolute atomic E-state index is 11.9. The van der Waals surface area contributed by atoms with E-state index in [1.165, 1.54) is 0 Å². The Balaban J connectivity index is 2.46. The van der Waals surface area contributed by atoms with Gasteiger partial charge in [-0.05, 0) is 26.0 Å². The third kappa shape index (κ3) is 4.46. The van der Waals surface area contributed by atoms with Crippen LogP contribution in [-0.2, 0) is 4.79 Å². The number of rotatable bonds is 6. The molecule has 4 heteroatoms. The number of carbonyl (C=O) groups is 1. The topological polar surface area (TPSA) is 53.3 Å². The number of para-hydroxylation sites is 1. The molecule has 0 bridgehead atoms. The second-order valence-electron chi connectivity index (χ2n) is 4.06. The summed E-state index contributed by atoms with van der Waals surface area (Å²) in [5, 5.41) is 8.75. The van der Waals surface area contributed by atoms with E-state index in [-0.39, 0.29) is 18.4 Å². The molecule has 0 spiro atoms. The second kappa shape index (κ2) is 7.33. The first kappa shape index (κ1) is 14.0. The number of likely N-dealkylation sites (N-methyl/N-ethyl adjacent to an activating group) is 1. The summed E-state index contributed by atoms with van der Waals surface area (Å²) in [6.07, 6.45) is 0. The number of carbonyl (C=O) groups excluding carboxylic acids is 1. The van der Waals surface area contributed by atoms with Gasteiger partial charge in [-0.3, -0.25) is 4.79 Å². The van der Waals surface area contributed by atoms with Gasteiger partial charge < -0.3 is 9.64 Å². The van der Waals surface area contributed by atoms with Crippen LogP contribution < -0.4 is 4.74 Å². The number of nitriles is 1. The Bertz CT molecular complexity index is 412. The maximum atomic E-state index is 11.9. The lowest BCUT2D eigenvalue weighted by molar-refractivity contribution is -0.133. The minimum Gasteiger partial charge on any atom is -0.484 e. The SMILES string of the molecule is CCN(CC(C)C#N)C(=O)COc1ccccc1. The molecule has 0 aliphatic carbocycles. The van der Waals surface area contributed by atoms with Gasteiger partial charge in [0.15, 0.2) is 6.61 Å². The van der Waals surface area contributed by atoms with Crippen molar-refractivity contribution in [3.05, 3.63) is 30.3 Å². The van der Waals surface area contributed by atoms with E-state index in [0.29, 0.717) is 18.8 Å². The van der Waals surface area contributed by atoms with Gasteiger partial charge in [-0.2, -0.15) is 5.26 Å². The smallest absolute Gasteiger partial charge is 0.260 e. The molecule has 0 saturated carbocycles. The van der Waals surface area contributed by atoms with E-state index in [9.17, 15) is 4.79 Å². The summed E-state index contributed by atoms with van der Waals surface area (Å²) in [7, 11) is 0. The number of nitrogens with zero attached hydrogens (tertiary/aromatic N) is 2. The van der Waals surface area contributed by atoms with E-state index < -0.39 is 0 Å². The third-order valence-corrected chi connectivity index (χ3v) is 2.55. The Kier molecular flexibility index (Phi) is 5.72. The molecule has 0 aromatic heterocycles. The molecule has 1 aromatic rings. The molecule has 1 unspecified atom stereocenters. The molecule has 0 N–H and O–H groups in total. The van der Waals surface area contributed by atoms with Crippen molar-refractivity contribution < 1.29 is 9.53 Å². The van der Waals surface area contributed by atoms with Crippen LogP contribution in [0.2, 0.25) is 0 Å². The molecule has 0 saturated heterocycles. The lowest BCUT2D eigenvalue weighted by atomic mass is 10.2. The highest BCUT2D eigenvalue weighted by Gasteiger charge is 2.15. The summed E-state index contributed by atoms with van der Waals surface area (Å²) < 4.78 is 5.39. The number of benzene rings is 1. The van der Waals surface area contributed by atoms with Crippen LogP contribution in [0, 0.1) is 17.2 Å². The van der Waals surface area contributed by atoms with Crippen molar-refractivity contribution in [3.63, 3.8) is 0 Å². The van der Waals surface area contributed by atoms with Crippen molar-refractivity contribution in [2.75, 3.05) is 19.7 Å². The Morgan fingerprint density at radius 2 is 2.11 bits per heavy atom. The van der Waals surface area contributed by atoms with Crippen molar-refractivity contribution in [1.82, 2.24) is 4.90 Å². The van der Waals surface area contributed by atoms with Crippen LogP contribution in [0.25, 0.3) is 0 Å². The standard InChI is InChI=1S/C14H18N2O2/c1-3-16(10-12(2)9-15)14(17)11-18-13-7-5-4-6-8-13/h4-8,12H,3,10-11H2,1-2H3. The van der Waals surface area contributed by atoms with E-state index >= 15 is 0 Å². The molecule has 1 amide bonds. The average molecular weight is 246 g/mol. The molecule has 18 heavy (non-hydrogen) atoms. The number of ether oxygens (including phenoxy) is 1. The predicted octanol–water partition coefficient (Wildman–Crippen LogP) is 2.07. The normalized spacial score (nSPS) is 11.4. The number of amides is 1. The monoisotopic (exact) mass is 246 g/mol. The highest BCUT2D eigenvalue weighted by atomic mass is 16.5. The average Bonchev–Trinajstić information content (AvgIpc) is 2.42. The van der Waals surface area contributed by atoms with Crippen molar-refractivity contribution in [2.45, 2.75) is 13.8 Å². The Hall–Kier alpha value is -2.02. The fourth-order valence-corrected chi connectivity index (χ4v) is 1.53. The molecule has 0 aliphatic heterocycles. The lowest BCUT2D eigenvalue weighted by Gasteiger charge is -2.21. The molecule has 0 fully saturated rings. The summed E-state index contributed by atoms with van der Waals surface area (Å²) in [4.78, 5) is 13.5. The van der Waals surface area contributed by atoms with Gasteiger partial charge in [0.25, 0.3) is 5.91 Å². The van der Waals surface area contributed by atoms with Gasteiger partial charge in [0.1, 0.15) is 5.75 Å². The zero-order valence-corrected chi connectivity index (χ0v) is 10.8. The van der Waals surface area contributed by atoms with E-state index in [4.69, 9.17) is 10.00 Å². The minimum absolute atomic E-state index is 0.00992. The summed E-state index contributed by atoms with van der Waals surface area (Å²) in [5.41, 5.74) is 0. The fraction of sp³-hybridized carbons (Fsp3) is 0.429. The summed E-state index contributed by atoms with van der Waals surface area (Å²) in [6, 6.07) is 11.3. The summed E-state index contributed by atoms with van der Waals surface area (Å²) in [6.45, 7) is 4.74. The molecule has 1 atom stereocenters. The van der Waals surface area contributed by atoms with Crippen molar-refractivity contribution >= 4 is 5.91 Å². The number of hydrogen-bond acceptors (Lipinski definition) is 3. The van der Waals surface area contributed by atoms with Crippen LogP contribution in [0.3, 0.4) is 0 Å². The van der Waals surface area contributed by atoms with Crippen LogP contribution in [0.1, 0.15) is 13.8 Å². The van der Waals surface area contributed by atoms with Gasteiger partial charge >= 0.3 is 0 Å². The Labute approximate surface area is 108 Å². The van der Waals surface area contributed by atoms with Crippen LogP contribution in [-0.4, -0.2) is 30.5 Å². The van der Waals surface area contributed by atoms with Crippen LogP contribution in [0.15, 0.2) is 30.3 Å². The van der Waals surface area contributed by atoms with Crippen molar-refractivity contribution in [2.24, 2.45) is 5.92 Å². The predicted molar refractivity (Wildman–Crippen MR) is 69.0 cm³/mol. The van der Waals surface area contributed by atoms with Crippen LogP contribution in [0.5, 0.6) is 5.75 Å². The van der Waals surface area contributed by atoms with Crippen molar-refractivity contribution in [1.29, 1.82) is 5.26 Å². The largest absolute Gasteiger partial charge is 0.484 e. The fourth-order valence-electron chi connectivity index (χ4n) is 1.53. The highest BCUT2D eigenvalue weighted by Crippen LogP contribution is 2.08. The van der Waals surface area contributed by atoms with E-state index in [0.717, 1.165) is 0 Å². The van der Waals surface area contributed by atoms with Crippen LogP contribution >= 0.6 is 0 Å². The summed E-state index contributed by atoms with van der Waals surface area (Å²) >= 11 is 0. The maximum Gasteiger partial charge on any atom is 0.260 e. The quantitative estimate of drug-likeness (QED) is 0.772.